The quantitative estimate of drug-likeness (QED) is 0.863. The number of nitrogens with zero attached hydrogens (tertiary/aromatic N) is 1. The molecule has 1 N–H and O–H groups in total. The highest BCUT2D eigenvalue weighted by Crippen LogP contribution is 2.38. The number of aromatic nitrogens is 1. The number of fused-ring (bicyclic) bond motifs is 1. The van der Waals surface area contributed by atoms with E-state index < -0.39 is 5.97 Å². The molecule has 2 unspecified atom stereocenters. The Morgan fingerprint density at radius 2 is 2.18 bits per heavy atom. The van der Waals surface area contributed by atoms with Crippen molar-refractivity contribution >= 4 is 17.1 Å². The summed E-state index contributed by atoms with van der Waals surface area (Å²) in [7, 11) is 0. The summed E-state index contributed by atoms with van der Waals surface area (Å²) in [5, 5.41) is 8.97. The van der Waals surface area contributed by atoms with E-state index in [-0.39, 0.29) is 11.8 Å². The van der Waals surface area contributed by atoms with Gasteiger partial charge in [-0.05, 0) is 31.4 Å². The van der Waals surface area contributed by atoms with Crippen molar-refractivity contribution in [3.05, 3.63) is 30.2 Å². The van der Waals surface area contributed by atoms with Crippen LogP contribution >= 0.6 is 0 Å². The average molecular weight is 231 g/mol. The van der Waals surface area contributed by atoms with Crippen molar-refractivity contribution in [1.82, 2.24) is 4.98 Å². The number of carboxylic acid groups (broad SMARTS) is 1. The van der Waals surface area contributed by atoms with Crippen LogP contribution in [0.25, 0.3) is 11.1 Å². The van der Waals surface area contributed by atoms with E-state index in [9.17, 15) is 4.79 Å². The lowest BCUT2D eigenvalue weighted by molar-refractivity contribution is -0.141. The molecule has 88 valence electrons. The smallest absolute Gasteiger partial charge is 0.306 e. The Morgan fingerprint density at radius 3 is 2.88 bits per heavy atom. The predicted molar refractivity (Wildman–Crippen MR) is 61.7 cm³/mol. The van der Waals surface area contributed by atoms with Gasteiger partial charge in [-0.1, -0.05) is 12.1 Å². The van der Waals surface area contributed by atoms with Gasteiger partial charge >= 0.3 is 5.97 Å². The molecule has 1 aromatic heterocycles. The molecule has 1 aliphatic carbocycles. The molecule has 17 heavy (non-hydrogen) atoms. The number of hydrogen-bond acceptors (Lipinski definition) is 3. The monoisotopic (exact) mass is 231 g/mol. The maximum absolute atomic E-state index is 10.9. The second-order valence-corrected chi connectivity index (χ2v) is 4.56. The first kappa shape index (κ1) is 10.3. The third-order valence-electron chi connectivity index (χ3n) is 3.44. The average Bonchev–Trinajstić information content (AvgIpc) is 2.95. The van der Waals surface area contributed by atoms with Crippen LogP contribution in [0.15, 0.2) is 28.7 Å². The molecular formula is C13H13NO3. The third-order valence-corrected chi connectivity index (χ3v) is 3.44. The Hall–Kier alpha value is -1.84. The summed E-state index contributed by atoms with van der Waals surface area (Å²) in [5.74, 6) is -0.0999. The summed E-state index contributed by atoms with van der Waals surface area (Å²) < 4.78 is 5.68. The second kappa shape index (κ2) is 3.87. The zero-order valence-corrected chi connectivity index (χ0v) is 9.30. The van der Waals surface area contributed by atoms with E-state index in [1.807, 2.05) is 24.3 Å². The van der Waals surface area contributed by atoms with E-state index >= 15 is 0 Å². The number of para-hydroxylation sites is 2. The molecule has 3 rings (SSSR count). The molecule has 1 saturated carbocycles. The molecule has 1 aromatic carbocycles. The fourth-order valence-corrected chi connectivity index (χ4v) is 2.49. The highest BCUT2D eigenvalue weighted by atomic mass is 16.4. The molecule has 4 nitrogen and oxygen atoms in total. The molecule has 1 aliphatic rings. The molecule has 0 bridgehead atoms. The maximum Gasteiger partial charge on any atom is 0.306 e. The van der Waals surface area contributed by atoms with Crippen molar-refractivity contribution in [2.24, 2.45) is 5.92 Å². The van der Waals surface area contributed by atoms with Crippen LogP contribution < -0.4 is 0 Å². The third kappa shape index (κ3) is 1.79. The van der Waals surface area contributed by atoms with E-state index in [4.69, 9.17) is 9.52 Å². The normalized spacial score (nSPS) is 24.2. The van der Waals surface area contributed by atoms with Gasteiger partial charge in [0, 0.05) is 5.92 Å². The molecular weight excluding hydrogens is 218 g/mol. The molecule has 0 spiro atoms. The summed E-state index contributed by atoms with van der Waals surface area (Å²) in [4.78, 5) is 15.3. The molecule has 0 saturated heterocycles. The predicted octanol–water partition coefficient (Wildman–Crippen LogP) is 2.80. The van der Waals surface area contributed by atoms with Crippen LogP contribution in [0.2, 0.25) is 0 Å². The van der Waals surface area contributed by atoms with Crippen LogP contribution in [0, 0.1) is 5.92 Å². The number of rotatable bonds is 2. The van der Waals surface area contributed by atoms with Crippen molar-refractivity contribution in [3.8, 4) is 0 Å². The molecule has 0 radical (unpaired) electrons. The van der Waals surface area contributed by atoms with Gasteiger partial charge < -0.3 is 9.52 Å². The van der Waals surface area contributed by atoms with E-state index in [1.165, 1.54) is 0 Å². The Balaban J connectivity index is 1.87. The summed E-state index contributed by atoms with van der Waals surface area (Å²) in [6, 6.07) is 7.62. The van der Waals surface area contributed by atoms with Gasteiger partial charge in [0.15, 0.2) is 11.5 Å². The van der Waals surface area contributed by atoms with Gasteiger partial charge in [-0.3, -0.25) is 4.79 Å². The molecule has 4 heteroatoms. The fourth-order valence-electron chi connectivity index (χ4n) is 2.49. The highest BCUT2D eigenvalue weighted by Gasteiger charge is 2.33. The van der Waals surface area contributed by atoms with E-state index in [0.717, 1.165) is 23.9 Å². The first-order chi connectivity index (χ1) is 8.24. The first-order valence-electron chi connectivity index (χ1n) is 5.82. The van der Waals surface area contributed by atoms with Gasteiger partial charge in [-0.25, -0.2) is 4.98 Å². The minimum atomic E-state index is -0.705. The topological polar surface area (TPSA) is 63.3 Å². The van der Waals surface area contributed by atoms with E-state index in [1.54, 1.807) is 0 Å². The minimum Gasteiger partial charge on any atom is -0.481 e. The zero-order valence-electron chi connectivity index (χ0n) is 9.30. The van der Waals surface area contributed by atoms with Crippen LogP contribution in [0.1, 0.15) is 31.1 Å². The van der Waals surface area contributed by atoms with Gasteiger partial charge in [0.25, 0.3) is 0 Å². The van der Waals surface area contributed by atoms with Crippen molar-refractivity contribution in [2.45, 2.75) is 25.2 Å². The van der Waals surface area contributed by atoms with Crippen LogP contribution in [-0.2, 0) is 4.79 Å². The van der Waals surface area contributed by atoms with Crippen LogP contribution in [0.3, 0.4) is 0 Å². The van der Waals surface area contributed by atoms with E-state index in [2.05, 4.69) is 4.98 Å². The fraction of sp³-hybridized carbons (Fsp3) is 0.385. The van der Waals surface area contributed by atoms with Crippen LogP contribution in [0.4, 0.5) is 0 Å². The molecule has 0 amide bonds. The standard InChI is InChI=1S/C13H13NO3/c15-13(16)9-6-5-8(7-9)12-14-10-3-1-2-4-11(10)17-12/h1-4,8-9H,5-7H2,(H,15,16). The Morgan fingerprint density at radius 1 is 1.35 bits per heavy atom. The second-order valence-electron chi connectivity index (χ2n) is 4.56. The maximum atomic E-state index is 10.9. The Kier molecular flexibility index (Phi) is 2.35. The lowest BCUT2D eigenvalue weighted by atomic mass is 10.1. The molecule has 2 aromatic rings. The number of carboxylic acids is 1. The van der Waals surface area contributed by atoms with Gasteiger partial charge in [-0.2, -0.15) is 0 Å². The lowest BCUT2D eigenvalue weighted by Gasteiger charge is -2.03. The van der Waals surface area contributed by atoms with Crippen molar-refractivity contribution in [3.63, 3.8) is 0 Å². The number of benzene rings is 1. The molecule has 1 heterocycles. The molecule has 1 fully saturated rings. The summed E-state index contributed by atoms with van der Waals surface area (Å²) >= 11 is 0. The van der Waals surface area contributed by atoms with Gasteiger partial charge in [-0.15, -0.1) is 0 Å². The first-order valence-corrected chi connectivity index (χ1v) is 5.82. The van der Waals surface area contributed by atoms with Gasteiger partial charge in [0.05, 0.1) is 5.92 Å². The Labute approximate surface area is 98.3 Å². The van der Waals surface area contributed by atoms with Crippen LogP contribution in [-0.4, -0.2) is 16.1 Å². The SMILES string of the molecule is O=C(O)C1CCC(c2nc3ccccc3o2)C1. The van der Waals surface area contributed by atoms with Crippen molar-refractivity contribution < 1.29 is 14.3 Å². The number of carbonyl (C=O) groups is 1. The van der Waals surface area contributed by atoms with Crippen molar-refractivity contribution in [2.75, 3.05) is 0 Å². The summed E-state index contributed by atoms with van der Waals surface area (Å²) in [6.45, 7) is 0. The summed E-state index contributed by atoms with van der Waals surface area (Å²) in [5.41, 5.74) is 1.63. The number of oxazole rings is 1. The van der Waals surface area contributed by atoms with Crippen molar-refractivity contribution in [1.29, 1.82) is 0 Å². The molecule has 2 atom stereocenters. The largest absolute Gasteiger partial charge is 0.481 e. The lowest BCUT2D eigenvalue weighted by Crippen LogP contribution is -2.09. The highest BCUT2D eigenvalue weighted by molar-refractivity contribution is 5.72. The zero-order chi connectivity index (χ0) is 11.8. The minimum absolute atomic E-state index is 0.156. The van der Waals surface area contributed by atoms with Gasteiger partial charge in [0.2, 0.25) is 0 Å². The Bertz CT molecular complexity index is 528. The number of hydrogen-bond donors (Lipinski definition) is 1. The summed E-state index contributed by atoms with van der Waals surface area (Å²) in [6.07, 6.45) is 2.21. The van der Waals surface area contributed by atoms with Gasteiger partial charge in [0.1, 0.15) is 5.52 Å². The number of aliphatic carboxylic acids is 1. The van der Waals surface area contributed by atoms with Crippen LogP contribution in [0.5, 0.6) is 0 Å². The molecule has 0 aliphatic heterocycles. The van der Waals surface area contributed by atoms with E-state index in [0.29, 0.717) is 12.3 Å².